The summed E-state index contributed by atoms with van der Waals surface area (Å²) in [6.07, 6.45) is 0. The largest absolute Gasteiger partial charge is 0.368 e. The van der Waals surface area contributed by atoms with Crippen molar-refractivity contribution in [3.63, 3.8) is 0 Å². The average molecular weight is 328 g/mol. The monoisotopic (exact) mass is 327 g/mol. The van der Waals surface area contributed by atoms with Crippen molar-refractivity contribution in [3.8, 4) is 0 Å². The van der Waals surface area contributed by atoms with Gasteiger partial charge >= 0.3 is 0 Å². The predicted octanol–water partition coefficient (Wildman–Crippen LogP) is 2.12. The molecule has 0 aliphatic rings. The molecule has 106 valence electrons. The molecular formula is C14H22BrN3O. The summed E-state index contributed by atoms with van der Waals surface area (Å²) in [6, 6.07) is 6.08. The molecule has 1 aromatic carbocycles. The zero-order chi connectivity index (χ0) is 14.4. The molecule has 5 heteroatoms. The Morgan fingerprint density at radius 3 is 2.74 bits per heavy atom. The molecule has 0 fully saturated rings. The Hall–Kier alpha value is -1.07. The van der Waals surface area contributed by atoms with Crippen LogP contribution in [0.15, 0.2) is 22.7 Å². The minimum Gasteiger partial charge on any atom is -0.368 e. The maximum atomic E-state index is 11.0. The van der Waals surface area contributed by atoms with Gasteiger partial charge in [0.25, 0.3) is 0 Å². The third-order valence-corrected chi connectivity index (χ3v) is 3.21. The molecule has 0 unspecified atom stereocenters. The fourth-order valence-corrected chi connectivity index (χ4v) is 2.21. The SMILES string of the molecule is CC(C)CNCc1ccc(Br)cc1N(C)CC(N)=O. The van der Waals surface area contributed by atoms with Gasteiger partial charge in [-0.3, -0.25) is 4.79 Å². The second kappa shape index (κ2) is 7.50. The molecule has 3 N–H and O–H groups in total. The minimum absolute atomic E-state index is 0.216. The molecule has 1 aromatic rings. The Labute approximate surface area is 123 Å². The van der Waals surface area contributed by atoms with E-state index in [1.807, 2.05) is 24.1 Å². The molecule has 0 atom stereocenters. The van der Waals surface area contributed by atoms with Crippen molar-refractivity contribution in [2.75, 3.05) is 25.0 Å². The second-order valence-electron chi connectivity index (χ2n) is 5.12. The summed E-state index contributed by atoms with van der Waals surface area (Å²) in [5.74, 6) is 0.283. The first-order valence-corrected chi connectivity index (χ1v) is 7.18. The van der Waals surface area contributed by atoms with Gasteiger partial charge in [-0.2, -0.15) is 0 Å². The van der Waals surface area contributed by atoms with E-state index in [-0.39, 0.29) is 12.5 Å². The van der Waals surface area contributed by atoms with Gasteiger partial charge < -0.3 is 16.0 Å². The molecule has 0 saturated carbocycles. The summed E-state index contributed by atoms with van der Waals surface area (Å²) in [5.41, 5.74) is 7.43. The van der Waals surface area contributed by atoms with Crippen LogP contribution in [0.5, 0.6) is 0 Å². The van der Waals surface area contributed by atoms with Gasteiger partial charge in [-0.05, 0) is 30.2 Å². The predicted molar refractivity (Wildman–Crippen MR) is 83.2 cm³/mol. The van der Waals surface area contributed by atoms with Crippen LogP contribution in [-0.2, 0) is 11.3 Å². The lowest BCUT2D eigenvalue weighted by Gasteiger charge is -2.22. The van der Waals surface area contributed by atoms with Crippen LogP contribution in [-0.4, -0.2) is 26.0 Å². The first-order valence-electron chi connectivity index (χ1n) is 6.38. The van der Waals surface area contributed by atoms with Crippen molar-refractivity contribution in [3.05, 3.63) is 28.2 Å². The standard InChI is InChI=1S/C14H22BrN3O/c1-10(2)7-17-8-11-4-5-12(15)6-13(11)18(3)9-14(16)19/h4-6,10,17H,7-9H2,1-3H3,(H2,16,19). The van der Waals surface area contributed by atoms with Crippen molar-refractivity contribution in [1.82, 2.24) is 5.32 Å². The number of hydrogen-bond acceptors (Lipinski definition) is 3. The van der Waals surface area contributed by atoms with Crippen molar-refractivity contribution < 1.29 is 4.79 Å². The maximum Gasteiger partial charge on any atom is 0.236 e. The molecule has 4 nitrogen and oxygen atoms in total. The number of rotatable bonds is 7. The lowest BCUT2D eigenvalue weighted by molar-refractivity contribution is -0.116. The van der Waals surface area contributed by atoms with Crippen LogP contribution >= 0.6 is 15.9 Å². The molecule has 0 aliphatic heterocycles. The molecule has 19 heavy (non-hydrogen) atoms. The van der Waals surface area contributed by atoms with E-state index in [2.05, 4.69) is 41.2 Å². The third kappa shape index (κ3) is 5.61. The molecule has 0 spiro atoms. The number of likely N-dealkylation sites (N-methyl/N-ethyl adjacent to an activating group) is 1. The highest BCUT2D eigenvalue weighted by Gasteiger charge is 2.10. The Balaban J connectivity index is 2.81. The number of primary amides is 1. The van der Waals surface area contributed by atoms with Gasteiger partial charge in [-0.15, -0.1) is 0 Å². The highest BCUT2D eigenvalue weighted by molar-refractivity contribution is 9.10. The number of anilines is 1. The summed E-state index contributed by atoms with van der Waals surface area (Å²) < 4.78 is 0.992. The van der Waals surface area contributed by atoms with Crippen molar-refractivity contribution in [2.45, 2.75) is 20.4 Å². The number of hydrogen-bond donors (Lipinski definition) is 2. The molecule has 0 radical (unpaired) electrons. The lowest BCUT2D eigenvalue weighted by Crippen LogP contribution is -2.31. The Morgan fingerprint density at radius 1 is 1.47 bits per heavy atom. The van der Waals surface area contributed by atoms with E-state index < -0.39 is 0 Å². The first-order chi connectivity index (χ1) is 8.90. The van der Waals surface area contributed by atoms with Crippen LogP contribution in [0.1, 0.15) is 19.4 Å². The molecule has 0 saturated heterocycles. The molecule has 0 bridgehead atoms. The number of carbonyl (C=O) groups excluding carboxylic acids is 1. The molecule has 1 amide bonds. The van der Waals surface area contributed by atoms with E-state index in [1.54, 1.807) is 0 Å². The fourth-order valence-electron chi connectivity index (χ4n) is 1.86. The molecule has 0 heterocycles. The zero-order valence-electron chi connectivity index (χ0n) is 11.7. The van der Waals surface area contributed by atoms with Crippen molar-refractivity contribution in [2.24, 2.45) is 11.7 Å². The van der Waals surface area contributed by atoms with E-state index in [9.17, 15) is 4.79 Å². The van der Waals surface area contributed by atoms with Gasteiger partial charge in [0.05, 0.1) is 6.54 Å². The fraction of sp³-hybridized carbons (Fsp3) is 0.500. The first kappa shape index (κ1) is 16.0. The van der Waals surface area contributed by atoms with Gasteiger partial charge in [0.1, 0.15) is 0 Å². The van der Waals surface area contributed by atoms with Crippen LogP contribution in [0, 0.1) is 5.92 Å². The Kier molecular flexibility index (Phi) is 6.31. The number of nitrogens with two attached hydrogens (primary N) is 1. The topological polar surface area (TPSA) is 58.4 Å². The van der Waals surface area contributed by atoms with Crippen LogP contribution in [0.4, 0.5) is 5.69 Å². The zero-order valence-corrected chi connectivity index (χ0v) is 13.3. The van der Waals surface area contributed by atoms with Crippen LogP contribution in [0.2, 0.25) is 0 Å². The number of nitrogens with one attached hydrogen (secondary N) is 1. The summed E-state index contributed by atoms with van der Waals surface area (Å²) in [6.45, 7) is 6.32. The quantitative estimate of drug-likeness (QED) is 0.806. The van der Waals surface area contributed by atoms with Crippen LogP contribution in [0.3, 0.4) is 0 Å². The highest BCUT2D eigenvalue weighted by Crippen LogP contribution is 2.24. The van der Waals surface area contributed by atoms with E-state index in [0.717, 1.165) is 28.8 Å². The van der Waals surface area contributed by atoms with E-state index in [4.69, 9.17) is 5.73 Å². The molecule has 1 rings (SSSR count). The Morgan fingerprint density at radius 2 is 2.16 bits per heavy atom. The normalized spacial score (nSPS) is 10.8. The molecule has 0 aromatic heterocycles. The van der Waals surface area contributed by atoms with Crippen LogP contribution < -0.4 is 16.0 Å². The number of halogens is 1. The Bertz CT molecular complexity index is 435. The highest BCUT2D eigenvalue weighted by atomic mass is 79.9. The van der Waals surface area contributed by atoms with E-state index in [0.29, 0.717) is 5.92 Å². The maximum absolute atomic E-state index is 11.0. The summed E-state index contributed by atoms with van der Waals surface area (Å²) >= 11 is 3.46. The summed E-state index contributed by atoms with van der Waals surface area (Å²) in [7, 11) is 1.87. The smallest absolute Gasteiger partial charge is 0.236 e. The van der Waals surface area contributed by atoms with Gasteiger partial charge in [0, 0.05) is 23.8 Å². The number of nitrogens with zero attached hydrogens (tertiary/aromatic N) is 1. The van der Waals surface area contributed by atoms with E-state index in [1.165, 1.54) is 0 Å². The van der Waals surface area contributed by atoms with Crippen molar-refractivity contribution >= 4 is 27.5 Å². The number of benzene rings is 1. The van der Waals surface area contributed by atoms with Crippen molar-refractivity contribution in [1.29, 1.82) is 0 Å². The minimum atomic E-state index is -0.330. The van der Waals surface area contributed by atoms with Gasteiger partial charge in [-0.1, -0.05) is 35.8 Å². The number of carbonyl (C=O) groups is 1. The van der Waals surface area contributed by atoms with Crippen LogP contribution in [0.25, 0.3) is 0 Å². The molecular weight excluding hydrogens is 306 g/mol. The van der Waals surface area contributed by atoms with Gasteiger partial charge in [-0.25, -0.2) is 0 Å². The van der Waals surface area contributed by atoms with Gasteiger partial charge in [0.15, 0.2) is 0 Å². The van der Waals surface area contributed by atoms with Gasteiger partial charge in [0.2, 0.25) is 5.91 Å². The third-order valence-electron chi connectivity index (χ3n) is 2.72. The summed E-state index contributed by atoms with van der Waals surface area (Å²) in [5, 5.41) is 3.41. The lowest BCUT2D eigenvalue weighted by atomic mass is 10.1. The number of amides is 1. The summed E-state index contributed by atoms with van der Waals surface area (Å²) in [4.78, 5) is 12.9. The second-order valence-corrected chi connectivity index (χ2v) is 6.04. The molecule has 0 aliphatic carbocycles. The van der Waals surface area contributed by atoms with E-state index >= 15 is 0 Å². The average Bonchev–Trinajstić information content (AvgIpc) is 2.29.